The predicted molar refractivity (Wildman–Crippen MR) is 139 cm³/mol. The summed E-state index contributed by atoms with van der Waals surface area (Å²) in [5, 5.41) is 19.8. The Balaban J connectivity index is 1.41. The molecule has 1 unspecified atom stereocenters. The highest BCUT2D eigenvalue weighted by Crippen LogP contribution is 2.58. The quantitative estimate of drug-likeness (QED) is 0.249. The van der Waals surface area contributed by atoms with Crippen LogP contribution in [-0.4, -0.2) is 45.0 Å². The van der Waals surface area contributed by atoms with E-state index in [-0.39, 0.29) is 51.3 Å². The van der Waals surface area contributed by atoms with Crippen molar-refractivity contribution in [1.82, 2.24) is 20.1 Å². The third-order valence-corrected chi connectivity index (χ3v) is 8.86. The Hall–Kier alpha value is -3.84. The van der Waals surface area contributed by atoms with Crippen LogP contribution in [0.25, 0.3) is 32.9 Å². The summed E-state index contributed by atoms with van der Waals surface area (Å²) in [6.07, 6.45) is 5.60. The minimum absolute atomic E-state index is 0.00163. The number of phenols is 1. The summed E-state index contributed by atoms with van der Waals surface area (Å²) >= 11 is 0. The predicted octanol–water partition coefficient (Wildman–Crippen LogP) is 5.66. The Kier molecular flexibility index (Phi) is 4.86. The van der Waals surface area contributed by atoms with Crippen LogP contribution < -0.4 is 10.1 Å². The van der Waals surface area contributed by atoms with Gasteiger partial charge >= 0.3 is 0 Å². The number of fused-ring (bicyclic) bond motifs is 3. The van der Waals surface area contributed by atoms with Crippen molar-refractivity contribution in [3.8, 4) is 35.2 Å². The molecule has 2 aromatic carbocycles. The van der Waals surface area contributed by atoms with Crippen molar-refractivity contribution in [2.75, 3.05) is 13.1 Å². The number of piperidine rings is 1. The van der Waals surface area contributed by atoms with Gasteiger partial charge in [-0.3, -0.25) is 4.68 Å². The van der Waals surface area contributed by atoms with Crippen LogP contribution in [0.1, 0.15) is 48.9 Å². The Morgan fingerprint density at radius 2 is 1.85 bits per heavy atom. The fraction of sp³-hybridized carbons (Fsp3) is 0.400. The summed E-state index contributed by atoms with van der Waals surface area (Å²) in [7, 11) is 0. The zero-order valence-corrected chi connectivity index (χ0v) is 21.2. The van der Waals surface area contributed by atoms with E-state index in [1.165, 1.54) is 24.3 Å². The number of alkyl halides is 2. The molecule has 0 radical (unpaired) electrons. The van der Waals surface area contributed by atoms with Crippen molar-refractivity contribution in [3.05, 3.63) is 47.2 Å². The fourth-order valence-electron chi connectivity index (χ4n) is 6.70. The lowest BCUT2D eigenvalue weighted by Crippen LogP contribution is -2.43. The topological polar surface area (TPSA) is 72.2 Å². The zero-order chi connectivity index (χ0) is 27.5. The van der Waals surface area contributed by atoms with Gasteiger partial charge in [-0.25, -0.2) is 22.5 Å². The average molecular weight is 549 g/mol. The number of ether oxygens (including phenoxy) is 1. The molecule has 1 saturated heterocycles. The standard InChI is InChI=1S/C30H24F4N4O2/c1-2-17-21(31)6-3-13-7-15(39)8-18(22(13)17)26-25(32)28-24(29(36-26)40-16-9-30(33,34)10-16)27(37-38(28)14-4-5-14)23-19-11-35-12-20(19)23/h1,3,6-8,14,16,19-20,23,35,39H,4-5,9-12H2/t19-,20+,23?. The van der Waals surface area contributed by atoms with E-state index >= 15 is 4.39 Å². The van der Waals surface area contributed by atoms with Crippen LogP contribution in [0.3, 0.4) is 0 Å². The summed E-state index contributed by atoms with van der Waals surface area (Å²) in [6, 6.07) is 5.34. The first-order chi connectivity index (χ1) is 19.2. The molecule has 0 amide bonds. The second-order valence-electron chi connectivity index (χ2n) is 11.5. The number of pyridine rings is 1. The highest BCUT2D eigenvalue weighted by Gasteiger charge is 2.56. The summed E-state index contributed by atoms with van der Waals surface area (Å²) in [5.41, 5.74) is 0.667. The molecule has 204 valence electrons. The Bertz CT molecular complexity index is 1770. The van der Waals surface area contributed by atoms with E-state index in [1.54, 1.807) is 4.68 Å². The van der Waals surface area contributed by atoms with Gasteiger partial charge in [0.25, 0.3) is 5.92 Å². The molecule has 3 aliphatic carbocycles. The number of terminal acetylenes is 1. The molecule has 3 atom stereocenters. The minimum Gasteiger partial charge on any atom is -0.508 e. The molecule has 3 saturated carbocycles. The molecule has 1 aliphatic heterocycles. The molecule has 4 fully saturated rings. The van der Waals surface area contributed by atoms with Gasteiger partial charge in [0.1, 0.15) is 28.9 Å². The Labute approximate surface area is 226 Å². The number of phenolic OH excluding ortho intramolecular Hbond substituents is 1. The molecule has 6 nitrogen and oxygen atoms in total. The number of nitrogens with one attached hydrogen (secondary N) is 1. The van der Waals surface area contributed by atoms with Crippen LogP contribution in [0.5, 0.6) is 11.6 Å². The number of halogens is 4. The molecule has 2 aromatic heterocycles. The van der Waals surface area contributed by atoms with Gasteiger partial charge in [-0.15, -0.1) is 6.42 Å². The Morgan fingerprint density at radius 1 is 1.10 bits per heavy atom. The van der Waals surface area contributed by atoms with Crippen LogP contribution in [0.15, 0.2) is 24.3 Å². The molecule has 2 N–H and O–H groups in total. The molecular formula is C30H24F4N4O2. The van der Waals surface area contributed by atoms with Crippen molar-refractivity contribution >= 4 is 21.7 Å². The summed E-state index contributed by atoms with van der Waals surface area (Å²) < 4.78 is 66.9. The number of aromatic hydroxyl groups is 1. The summed E-state index contributed by atoms with van der Waals surface area (Å²) in [5.74, 6) is -1.17. The van der Waals surface area contributed by atoms with E-state index in [2.05, 4.69) is 16.2 Å². The number of aromatic nitrogens is 3. The smallest absolute Gasteiger partial charge is 0.255 e. The molecule has 0 bridgehead atoms. The van der Waals surface area contributed by atoms with Gasteiger partial charge in [-0.2, -0.15) is 5.10 Å². The van der Waals surface area contributed by atoms with Gasteiger partial charge in [0.2, 0.25) is 5.88 Å². The molecular weight excluding hydrogens is 524 g/mol. The third kappa shape index (κ3) is 3.46. The van der Waals surface area contributed by atoms with Crippen molar-refractivity contribution in [1.29, 1.82) is 0 Å². The lowest BCUT2D eigenvalue weighted by atomic mass is 9.91. The van der Waals surface area contributed by atoms with Crippen molar-refractivity contribution in [2.24, 2.45) is 11.8 Å². The lowest BCUT2D eigenvalue weighted by molar-refractivity contribution is -0.135. The summed E-state index contributed by atoms with van der Waals surface area (Å²) in [4.78, 5) is 4.58. The minimum atomic E-state index is -2.83. The van der Waals surface area contributed by atoms with Gasteiger partial charge < -0.3 is 15.2 Å². The van der Waals surface area contributed by atoms with Crippen LogP contribution in [0.2, 0.25) is 0 Å². The van der Waals surface area contributed by atoms with E-state index in [9.17, 15) is 18.3 Å². The SMILES string of the molecule is C#Cc1c(F)ccc2cc(O)cc(-c3nc(OC4CC(F)(F)C4)c4c(C5[C@H]6CNC[C@@H]56)nn(C5CC5)c4c3F)c12. The second kappa shape index (κ2) is 8.10. The van der Waals surface area contributed by atoms with Crippen LogP contribution >= 0.6 is 0 Å². The van der Waals surface area contributed by atoms with Gasteiger partial charge in [-0.1, -0.05) is 12.0 Å². The number of hydrogen-bond donors (Lipinski definition) is 2. The fourth-order valence-corrected chi connectivity index (χ4v) is 6.70. The molecule has 8 rings (SSSR count). The van der Waals surface area contributed by atoms with Gasteiger partial charge in [0.15, 0.2) is 5.82 Å². The van der Waals surface area contributed by atoms with Gasteiger partial charge in [0, 0.05) is 29.7 Å². The molecule has 4 aliphatic rings. The highest BCUT2D eigenvalue weighted by atomic mass is 19.3. The van der Waals surface area contributed by atoms with E-state index < -0.39 is 36.5 Å². The van der Waals surface area contributed by atoms with Crippen LogP contribution in [-0.2, 0) is 0 Å². The van der Waals surface area contributed by atoms with Crippen molar-refractivity contribution in [3.63, 3.8) is 0 Å². The third-order valence-electron chi connectivity index (χ3n) is 8.86. The largest absolute Gasteiger partial charge is 0.508 e. The van der Waals surface area contributed by atoms with Crippen LogP contribution in [0, 0.1) is 35.8 Å². The first-order valence-electron chi connectivity index (χ1n) is 13.5. The average Bonchev–Trinajstić information content (AvgIpc) is 3.77. The van der Waals surface area contributed by atoms with Gasteiger partial charge in [-0.05, 0) is 61.4 Å². The molecule has 0 spiro atoms. The van der Waals surface area contributed by atoms with E-state index in [4.69, 9.17) is 16.3 Å². The lowest BCUT2D eigenvalue weighted by Gasteiger charge is -2.34. The molecule has 3 heterocycles. The van der Waals surface area contributed by atoms with Gasteiger partial charge in [0.05, 0.1) is 22.7 Å². The van der Waals surface area contributed by atoms with E-state index in [0.29, 0.717) is 28.3 Å². The van der Waals surface area contributed by atoms with E-state index in [1.807, 2.05) is 0 Å². The molecule has 4 aromatic rings. The zero-order valence-electron chi connectivity index (χ0n) is 21.2. The monoisotopic (exact) mass is 548 g/mol. The maximum atomic E-state index is 16.8. The molecule has 10 heteroatoms. The first kappa shape index (κ1) is 24.0. The summed E-state index contributed by atoms with van der Waals surface area (Å²) in [6.45, 7) is 1.67. The number of benzene rings is 2. The van der Waals surface area contributed by atoms with Crippen molar-refractivity contribution < 1.29 is 27.4 Å². The number of hydrogen-bond acceptors (Lipinski definition) is 5. The molecule has 40 heavy (non-hydrogen) atoms. The highest BCUT2D eigenvalue weighted by molar-refractivity contribution is 6.03. The van der Waals surface area contributed by atoms with Crippen LogP contribution in [0.4, 0.5) is 17.6 Å². The Morgan fingerprint density at radius 3 is 2.52 bits per heavy atom. The normalized spacial score (nSPS) is 25.1. The second-order valence-corrected chi connectivity index (χ2v) is 11.5. The first-order valence-corrected chi connectivity index (χ1v) is 13.5. The van der Waals surface area contributed by atoms with Crippen molar-refractivity contribution in [2.45, 2.75) is 49.7 Å². The maximum absolute atomic E-state index is 16.8. The van der Waals surface area contributed by atoms with E-state index in [0.717, 1.165) is 25.9 Å². The number of nitrogens with zero attached hydrogens (tertiary/aromatic N) is 3. The number of rotatable bonds is 5. The maximum Gasteiger partial charge on any atom is 0.255 e.